The molecule has 0 saturated heterocycles. The zero-order valence-corrected chi connectivity index (χ0v) is 17.1. The van der Waals surface area contributed by atoms with Crippen molar-refractivity contribution in [2.45, 2.75) is 58.7 Å². The first-order valence-corrected chi connectivity index (χ1v) is 10.3. The lowest BCUT2D eigenvalue weighted by molar-refractivity contribution is 0.177. The van der Waals surface area contributed by atoms with Crippen molar-refractivity contribution in [2.75, 3.05) is 13.2 Å². The highest BCUT2D eigenvalue weighted by Crippen LogP contribution is 2.29. The predicted octanol–water partition coefficient (Wildman–Crippen LogP) is 2.24. The molecule has 2 heterocycles. The lowest BCUT2D eigenvalue weighted by atomic mass is 10.0. The number of aromatic nitrogens is 5. The van der Waals surface area contributed by atoms with E-state index in [-0.39, 0.29) is 12.2 Å². The molecule has 2 aromatic heterocycles. The summed E-state index contributed by atoms with van der Waals surface area (Å²) in [5.74, 6) is 0.786. The fourth-order valence-electron chi connectivity index (χ4n) is 4.23. The Morgan fingerprint density at radius 3 is 2.79 bits per heavy atom. The van der Waals surface area contributed by atoms with Crippen LogP contribution in [-0.4, -0.2) is 48.3 Å². The molecule has 1 aliphatic carbocycles. The number of nitrogens with zero attached hydrogens (tertiary/aromatic N) is 5. The Balaban J connectivity index is 1.59. The van der Waals surface area contributed by atoms with Crippen molar-refractivity contribution in [3.8, 4) is 0 Å². The van der Waals surface area contributed by atoms with Crippen LogP contribution in [-0.2, 0) is 13.1 Å². The van der Waals surface area contributed by atoms with Crippen LogP contribution in [0.4, 0.5) is 0 Å². The van der Waals surface area contributed by atoms with Gasteiger partial charge in [-0.2, -0.15) is 0 Å². The second-order valence-corrected chi connectivity index (χ2v) is 8.01. The fourth-order valence-corrected chi connectivity index (χ4v) is 4.23. The molecule has 0 unspecified atom stereocenters. The molecule has 3 aromatic rings. The van der Waals surface area contributed by atoms with E-state index in [1.54, 1.807) is 0 Å². The minimum atomic E-state index is -0.0930. The van der Waals surface area contributed by atoms with Crippen molar-refractivity contribution in [3.05, 3.63) is 51.1 Å². The SMILES string of the molecule is Cc1ccc2cc(CN(CCO)Cc3nnnn3C3CCCC3)c(=O)[nH]c2c1C. The van der Waals surface area contributed by atoms with Crippen LogP contribution in [0, 0.1) is 13.8 Å². The summed E-state index contributed by atoms with van der Waals surface area (Å²) in [5.41, 5.74) is 3.71. The van der Waals surface area contributed by atoms with E-state index in [2.05, 4.69) is 26.6 Å². The number of fused-ring (bicyclic) bond motifs is 1. The number of aromatic amines is 1. The average molecular weight is 396 g/mol. The molecule has 1 saturated carbocycles. The zero-order valence-electron chi connectivity index (χ0n) is 17.1. The van der Waals surface area contributed by atoms with Crippen LogP contribution in [0.3, 0.4) is 0 Å². The van der Waals surface area contributed by atoms with Gasteiger partial charge in [0, 0.05) is 18.7 Å². The van der Waals surface area contributed by atoms with E-state index in [4.69, 9.17) is 0 Å². The Morgan fingerprint density at radius 2 is 2.03 bits per heavy atom. The highest BCUT2D eigenvalue weighted by molar-refractivity contribution is 5.83. The molecule has 0 amide bonds. The van der Waals surface area contributed by atoms with Crippen LogP contribution in [0.15, 0.2) is 23.0 Å². The topological polar surface area (TPSA) is 99.9 Å². The maximum atomic E-state index is 12.7. The first-order chi connectivity index (χ1) is 14.1. The highest BCUT2D eigenvalue weighted by atomic mass is 16.3. The largest absolute Gasteiger partial charge is 0.395 e. The third-order valence-electron chi connectivity index (χ3n) is 6.03. The van der Waals surface area contributed by atoms with E-state index in [9.17, 15) is 9.90 Å². The summed E-state index contributed by atoms with van der Waals surface area (Å²) in [5, 5.41) is 22.8. The first kappa shape index (κ1) is 19.7. The van der Waals surface area contributed by atoms with Crippen molar-refractivity contribution in [2.24, 2.45) is 0 Å². The van der Waals surface area contributed by atoms with Gasteiger partial charge in [0.05, 0.1) is 24.7 Å². The van der Waals surface area contributed by atoms with E-state index in [1.807, 2.05) is 35.6 Å². The Bertz CT molecular complexity index is 1050. The van der Waals surface area contributed by atoms with Gasteiger partial charge in [-0.1, -0.05) is 25.0 Å². The fraction of sp³-hybridized carbons (Fsp3) is 0.524. The molecule has 0 atom stereocenters. The summed E-state index contributed by atoms with van der Waals surface area (Å²) >= 11 is 0. The second kappa shape index (κ2) is 8.42. The smallest absolute Gasteiger partial charge is 0.252 e. The van der Waals surface area contributed by atoms with E-state index in [0.717, 1.165) is 40.7 Å². The molecule has 0 bridgehead atoms. The number of H-pyrrole nitrogens is 1. The molecule has 1 fully saturated rings. The molecular weight excluding hydrogens is 368 g/mol. The minimum Gasteiger partial charge on any atom is -0.395 e. The number of hydrogen-bond donors (Lipinski definition) is 2. The van der Waals surface area contributed by atoms with Crippen LogP contribution in [0.1, 0.15) is 54.2 Å². The number of aryl methyl sites for hydroxylation is 2. The van der Waals surface area contributed by atoms with Gasteiger partial charge < -0.3 is 10.1 Å². The van der Waals surface area contributed by atoms with Gasteiger partial charge in [0.2, 0.25) is 0 Å². The Labute approximate surface area is 169 Å². The maximum absolute atomic E-state index is 12.7. The third-order valence-corrected chi connectivity index (χ3v) is 6.03. The van der Waals surface area contributed by atoms with Crippen molar-refractivity contribution in [3.63, 3.8) is 0 Å². The van der Waals surface area contributed by atoms with Gasteiger partial charge in [-0.15, -0.1) is 5.10 Å². The molecule has 154 valence electrons. The first-order valence-electron chi connectivity index (χ1n) is 10.3. The van der Waals surface area contributed by atoms with E-state index in [1.165, 1.54) is 12.8 Å². The van der Waals surface area contributed by atoms with Gasteiger partial charge in [0.1, 0.15) is 0 Å². The van der Waals surface area contributed by atoms with Crippen LogP contribution in [0.5, 0.6) is 0 Å². The molecule has 4 rings (SSSR count). The number of rotatable bonds is 7. The van der Waals surface area contributed by atoms with E-state index >= 15 is 0 Å². The summed E-state index contributed by atoms with van der Waals surface area (Å²) in [4.78, 5) is 17.8. The van der Waals surface area contributed by atoms with Gasteiger partial charge >= 0.3 is 0 Å². The Hall–Kier alpha value is -2.58. The van der Waals surface area contributed by atoms with Crippen LogP contribution >= 0.6 is 0 Å². The van der Waals surface area contributed by atoms with Crippen molar-refractivity contribution < 1.29 is 5.11 Å². The van der Waals surface area contributed by atoms with Gasteiger partial charge in [-0.25, -0.2) is 4.68 Å². The number of nitrogens with one attached hydrogen (secondary N) is 1. The number of hydrogen-bond acceptors (Lipinski definition) is 6. The van der Waals surface area contributed by atoms with E-state index in [0.29, 0.717) is 31.2 Å². The number of tetrazole rings is 1. The molecule has 1 aliphatic rings. The monoisotopic (exact) mass is 396 g/mol. The predicted molar refractivity (Wildman–Crippen MR) is 111 cm³/mol. The van der Waals surface area contributed by atoms with Crippen LogP contribution in [0.2, 0.25) is 0 Å². The summed E-state index contributed by atoms with van der Waals surface area (Å²) < 4.78 is 1.92. The third kappa shape index (κ3) is 4.09. The number of aliphatic hydroxyl groups is 1. The molecule has 8 nitrogen and oxygen atoms in total. The minimum absolute atomic E-state index is 0.00871. The molecular formula is C21H28N6O2. The average Bonchev–Trinajstić information content (AvgIpc) is 3.38. The van der Waals surface area contributed by atoms with Crippen LogP contribution < -0.4 is 5.56 Å². The highest BCUT2D eigenvalue weighted by Gasteiger charge is 2.23. The number of pyridine rings is 1. The van der Waals surface area contributed by atoms with Gasteiger partial charge in [-0.3, -0.25) is 9.69 Å². The van der Waals surface area contributed by atoms with Crippen LogP contribution in [0.25, 0.3) is 10.9 Å². The normalized spacial score (nSPS) is 15.0. The molecule has 0 spiro atoms. The molecule has 1 aromatic carbocycles. The van der Waals surface area contributed by atoms with Crippen molar-refractivity contribution >= 4 is 10.9 Å². The lowest BCUT2D eigenvalue weighted by Gasteiger charge is -2.21. The Kier molecular flexibility index (Phi) is 5.73. The standard InChI is InChI=1S/C21H28N6O2/c1-14-7-8-16-11-17(21(29)22-20(16)15(14)2)12-26(9-10-28)13-19-23-24-25-27(19)18-5-3-4-6-18/h7-8,11,18,28H,3-6,9-10,12-13H2,1-2H3,(H,22,29). The maximum Gasteiger partial charge on any atom is 0.252 e. The van der Waals surface area contributed by atoms with Crippen molar-refractivity contribution in [1.29, 1.82) is 0 Å². The lowest BCUT2D eigenvalue weighted by Crippen LogP contribution is -2.31. The summed E-state index contributed by atoms with van der Waals surface area (Å²) in [6.45, 7) is 5.44. The van der Waals surface area contributed by atoms with Crippen molar-refractivity contribution in [1.82, 2.24) is 30.1 Å². The summed E-state index contributed by atoms with van der Waals surface area (Å²) in [6, 6.07) is 6.41. The molecule has 0 radical (unpaired) electrons. The molecule has 29 heavy (non-hydrogen) atoms. The zero-order chi connectivity index (χ0) is 20.4. The second-order valence-electron chi connectivity index (χ2n) is 8.01. The van der Waals surface area contributed by atoms with E-state index < -0.39 is 0 Å². The Morgan fingerprint density at radius 1 is 1.24 bits per heavy atom. The molecule has 0 aliphatic heterocycles. The molecule has 2 N–H and O–H groups in total. The van der Waals surface area contributed by atoms with Gasteiger partial charge in [-0.05, 0) is 59.7 Å². The number of aliphatic hydroxyl groups excluding tert-OH is 1. The summed E-state index contributed by atoms with van der Waals surface area (Å²) in [6.07, 6.45) is 4.60. The quantitative estimate of drug-likeness (QED) is 0.635. The number of benzene rings is 1. The van der Waals surface area contributed by atoms with Gasteiger partial charge in [0.25, 0.3) is 5.56 Å². The summed E-state index contributed by atoms with van der Waals surface area (Å²) in [7, 11) is 0. The van der Waals surface area contributed by atoms with Gasteiger partial charge in [0.15, 0.2) is 5.82 Å². The molecule has 8 heteroatoms.